The SMILES string of the molecule is O=C(NCC(c1cccnc1)N1CCOCC1)Nc1ccnn1CC1CC1. The molecule has 2 amide bonds. The van der Waals surface area contributed by atoms with Crippen molar-refractivity contribution in [1.82, 2.24) is 25.0 Å². The maximum absolute atomic E-state index is 12.5. The molecule has 144 valence electrons. The summed E-state index contributed by atoms with van der Waals surface area (Å²) in [6.07, 6.45) is 7.85. The first-order valence-electron chi connectivity index (χ1n) is 9.58. The van der Waals surface area contributed by atoms with Crippen molar-refractivity contribution >= 4 is 11.8 Å². The van der Waals surface area contributed by atoms with E-state index in [1.54, 1.807) is 12.4 Å². The van der Waals surface area contributed by atoms with Crippen molar-refractivity contribution in [2.24, 2.45) is 5.92 Å². The molecule has 4 rings (SSSR count). The third kappa shape index (κ3) is 4.84. The summed E-state index contributed by atoms with van der Waals surface area (Å²) in [5.41, 5.74) is 1.10. The molecule has 1 aliphatic carbocycles. The Hall–Kier alpha value is -2.45. The molecular formula is C19H26N6O2. The zero-order valence-electron chi connectivity index (χ0n) is 15.4. The van der Waals surface area contributed by atoms with Crippen LogP contribution in [0.4, 0.5) is 10.6 Å². The molecular weight excluding hydrogens is 344 g/mol. The van der Waals surface area contributed by atoms with Crippen LogP contribution >= 0.6 is 0 Å². The molecule has 1 saturated carbocycles. The Morgan fingerprint density at radius 1 is 1.26 bits per heavy atom. The van der Waals surface area contributed by atoms with Crippen molar-refractivity contribution in [3.05, 3.63) is 42.4 Å². The zero-order chi connectivity index (χ0) is 18.5. The van der Waals surface area contributed by atoms with E-state index in [4.69, 9.17) is 4.74 Å². The minimum atomic E-state index is -0.213. The summed E-state index contributed by atoms with van der Waals surface area (Å²) >= 11 is 0. The van der Waals surface area contributed by atoms with Gasteiger partial charge < -0.3 is 10.1 Å². The first kappa shape index (κ1) is 17.9. The molecule has 0 spiro atoms. The van der Waals surface area contributed by atoms with Gasteiger partial charge in [-0.3, -0.25) is 15.2 Å². The van der Waals surface area contributed by atoms with Gasteiger partial charge in [-0.05, 0) is 30.4 Å². The minimum Gasteiger partial charge on any atom is -0.379 e. The Labute approximate surface area is 158 Å². The predicted molar refractivity (Wildman–Crippen MR) is 101 cm³/mol. The van der Waals surface area contributed by atoms with Crippen LogP contribution in [-0.4, -0.2) is 58.5 Å². The summed E-state index contributed by atoms with van der Waals surface area (Å²) in [5.74, 6) is 1.44. The van der Waals surface area contributed by atoms with E-state index in [1.165, 1.54) is 12.8 Å². The van der Waals surface area contributed by atoms with E-state index in [2.05, 4.69) is 31.7 Å². The predicted octanol–water partition coefficient (Wildman–Crippen LogP) is 1.88. The molecule has 2 aromatic rings. The van der Waals surface area contributed by atoms with Gasteiger partial charge in [0.25, 0.3) is 0 Å². The molecule has 0 aromatic carbocycles. The fraction of sp³-hybridized carbons (Fsp3) is 0.526. The van der Waals surface area contributed by atoms with Gasteiger partial charge in [0, 0.05) is 44.6 Å². The van der Waals surface area contributed by atoms with Gasteiger partial charge in [-0.1, -0.05) is 6.07 Å². The molecule has 3 heterocycles. The number of pyridine rings is 1. The highest BCUT2D eigenvalue weighted by Crippen LogP contribution is 2.31. The number of aromatic nitrogens is 3. The average molecular weight is 370 g/mol. The summed E-state index contributed by atoms with van der Waals surface area (Å²) in [7, 11) is 0. The van der Waals surface area contributed by atoms with Crippen molar-refractivity contribution in [1.29, 1.82) is 0 Å². The fourth-order valence-corrected chi connectivity index (χ4v) is 3.40. The van der Waals surface area contributed by atoms with E-state index in [1.807, 2.05) is 23.0 Å². The van der Waals surface area contributed by atoms with Crippen LogP contribution in [-0.2, 0) is 11.3 Å². The van der Waals surface area contributed by atoms with E-state index in [0.717, 1.165) is 31.0 Å². The van der Waals surface area contributed by atoms with Crippen LogP contribution in [0.25, 0.3) is 0 Å². The van der Waals surface area contributed by atoms with E-state index >= 15 is 0 Å². The number of morpholine rings is 1. The molecule has 0 bridgehead atoms. The third-order valence-corrected chi connectivity index (χ3v) is 5.10. The quantitative estimate of drug-likeness (QED) is 0.777. The van der Waals surface area contributed by atoms with Gasteiger partial charge >= 0.3 is 6.03 Å². The van der Waals surface area contributed by atoms with Gasteiger partial charge in [-0.15, -0.1) is 0 Å². The van der Waals surface area contributed by atoms with Crippen LogP contribution in [0.15, 0.2) is 36.8 Å². The molecule has 0 radical (unpaired) electrons. The van der Waals surface area contributed by atoms with E-state index in [9.17, 15) is 4.79 Å². The molecule has 1 aliphatic heterocycles. The van der Waals surface area contributed by atoms with Crippen molar-refractivity contribution in [2.45, 2.75) is 25.4 Å². The summed E-state index contributed by atoms with van der Waals surface area (Å²) in [6.45, 7) is 4.49. The maximum Gasteiger partial charge on any atom is 0.320 e. The van der Waals surface area contributed by atoms with Gasteiger partial charge in [0.1, 0.15) is 5.82 Å². The fourth-order valence-electron chi connectivity index (χ4n) is 3.40. The number of nitrogens with zero attached hydrogens (tertiary/aromatic N) is 4. The topological polar surface area (TPSA) is 84.3 Å². The van der Waals surface area contributed by atoms with Crippen molar-refractivity contribution < 1.29 is 9.53 Å². The molecule has 2 fully saturated rings. The summed E-state index contributed by atoms with van der Waals surface area (Å²) < 4.78 is 7.34. The van der Waals surface area contributed by atoms with Crippen LogP contribution < -0.4 is 10.6 Å². The number of urea groups is 1. The highest BCUT2D eigenvalue weighted by atomic mass is 16.5. The molecule has 1 saturated heterocycles. The van der Waals surface area contributed by atoms with E-state index in [-0.39, 0.29) is 12.1 Å². The van der Waals surface area contributed by atoms with Gasteiger partial charge in [0.2, 0.25) is 0 Å². The molecule has 27 heavy (non-hydrogen) atoms. The Balaban J connectivity index is 1.36. The first-order chi connectivity index (χ1) is 13.3. The van der Waals surface area contributed by atoms with Crippen molar-refractivity contribution in [3.63, 3.8) is 0 Å². The number of hydrogen-bond donors (Lipinski definition) is 2. The molecule has 2 aliphatic rings. The molecule has 2 N–H and O–H groups in total. The van der Waals surface area contributed by atoms with Gasteiger partial charge in [-0.2, -0.15) is 5.10 Å². The number of nitrogens with one attached hydrogen (secondary N) is 2. The molecule has 1 unspecified atom stereocenters. The number of anilines is 1. The Bertz CT molecular complexity index is 740. The number of carbonyl (C=O) groups excluding carboxylic acids is 1. The number of hydrogen-bond acceptors (Lipinski definition) is 5. The van der Waals surface area contributed by atoms with Crippen LogP contribution in [0, 0.1) is 5.92 Å². The Kier molecular flexibility index (Phi) is 5.64. The van der Waals surface area contributed by atoms with Crippen LogP contribution in [0.2, 0.25) is 0 Å². The monoisotopic (exact) mass is 370 g/mol. The van der Waals surface area contributed by atoms with E-state index < -0.39 is 0 Å². The number of ether oxygens (including phenoxy) is 1. The minimum absolute atomic E-state index is 0.0738. The largest absolute Gasteiger partial charge is 0.379 e. The summed E-state index contributed by atoms with van der Waals surface area (Å²) in [5, 5.41) is 10.2. The first-order valence-corrected chi connectivity index (χ1v) is 9.58. The second kappa shape index (κ2) is 8.49. The van der Waals surface area contributed by atoms with Gasteiger partial charge in [-0.25, -0.2) is 9.48 Å². The number of carbonyl (C=O) groups is 1. The standard InChI is InChI=1S/C19H26N6O2/c26-19(23-18-5-7-22-25(18)14-15-3-4-15)21-13-17(16-2-1-6-20-12-16)24-8-10-27-11-9-24/h1-2,5-7,12,15,17H,3-4,8-11,13-14H2,(H2,21,23,26). The highest BCUT2D eigenvalue weighted by molar-refractivity contribution is 5.88. The lowest BCUT2D eigenvalue weighted by Crippen LogP contribution is -2.44. The summed E-state index contributed by atoms with van der Waals surface area (Å²) in [4.78, 5) is 19.0. The van der Waals surface area contributed by atoms with Crippen LogP contribution in [0.5, 0.6) is 0 Å². The molecule has 1 atom stereocenters. The summed E-state index contributed by atoms with van der Waals surface area (Å²) in [6, 6.07) is 5.68. The van der Waals surface area contributed by atoms with Crippen LogP contribution in [0.3, 0.4) is 0 Å². The van der Waals surface area contributed by atoms with Gasteiger partial charge in [0.15, 0.2) is 0 Å². The zero-order valence-corrected chi connectivity index (χ0v) is 15.4. The highest BCUT2D eigenvalue weighted by Gasteiger charge is 2.25. The van der Waals surface area contributed by atoms with Gasteiger partial charge in [0.05, 0.1) is 25.5 Å². The molecule has 8 nitrogen and oxygen atoms in total. The molecule has 2 aromatic heterocycles. The lowest BCUT2D eigenvalue weighted by molar-refractivity contribution is 0.0167. The van der Waals surface area contributed by atoms with E-state index in [0.29, 0.717) is 25.7 Å². The second-order valence-electron chi connectivity index (χ2n) is 7.13. The third-order valence-electron chi connectivity index (χ3n) is 5.10. The van der Waals surface area contributed by atoms with Crippen molar-refractivity contribution in [3.8, 4) is 0 Å². The number of amides is 2. The number of rotatable bonds is 7. The average Bonchev–Trinajstić information content (AvgIpc) is 3.42. The lowest BCUT2D eigenvalue weighted by Gasteiger charge is -2.34. The Morgan fingerprint density at radius 3 is 2.85 bits per heavy atom. The van der Waals surface area contributed by atoms with Crippen molar-refractivity contribution in [2.75, 3.05) is 38.2 Å². The lowest BCUT2D eigenvalue weighted by atomic mass is 10.1. The maximum atomic E-state index is 12.5. The van der Waals surface area contributed by atoms with Crippen LogP contribution in [0.1, 0.15) is 24.4 Å². The second-order valence-corrected chi connectivity index (χ2v) is 7.13. The molecule has 8 heteroatoms. The smallest absolute Gasteiger partial charge is 0.320 e. The normalized spacial score (nSPS) is 18.8. The Morgan fingerprint density at radius 2 is 2.11 bits per heavy atom.